The van der Waals surface area contributed by atoms with E-state index in [4.69, 9.17) is 20.8 Å². The van der Waals surface area contributed by atoms with Gasteiger partial charge in [-0.15, -0.1) is 0 Å². The van der Waals surface area contributed by atoms with E-state index in [1.54, 1.807) is 12.1 Å². The first-order valence-electron chi connectivity index (χ1n) is 6.71. The number of nitrogens with one attached hydrogen (secondary N) is 2. The molecule has 0 radical (unpaired) electrons. The molecule has 1 heterocycles. The summed E-state index contributed by atoms with van der Waals surface area (Å²) in [7, 11) is 1.37. The van der Waals surface area contributed by atoms with Crippen LogP contribution in [-0.4, -0.2) is 30.2 Å². The van der Waals surface area contributed by atoms with Crippen molar-refractivity contribution in [1.82, 2.24) is 10.7 Å². The molecule has 1 aromatic heterocycles. The second-order valence-corrected chi connectivity index (χ2v) is 4.92. The van der Waals surface area contributed by atoms with Crippen molar-refractivity contribution < 1.29 is 23.8 Å². The van der Waals surface area contributed by atoms with E-state index in [1.807, 2.05) is 0 Å². The van der Waals surface area contributed by atoms with Crippen LogP contribution in [0.5, 0.6) is 11.5 Å². The third kappa shape index (κ3) is 4.50. The molecule has 3 N–H and O–H groups in total. The van der Waals surface area contributed by atoms with Gasteiger partial charge < -0.3 is 19.6 Å². The molecule has 0 aliphatic carbocycles. The number of benzene rings is 1. The van der Waals surface area contributed by atoms with Crippen LogP contribution < -0.4 is 15.5 Å². The predicted octanol–water partition coefficient (Wildman–Crippen LogP) is 1.41. The molecule has 2 amide bonds. The molecule has 126 valence electrons. The molecule has 0 bridgehead atoms. The molecule has 1 aromatic carbocycles. The summed E-state index contributed by atoms with van der Waals surface area (Å²) in [5, 5.41) is 15.7. The van der Waals surface area contributed by atoms with Gasteiger partial charge in [0.2, 0.25) is 0 Å². The first-order valence-corrected chi connectivity index (χ1v) is 7.09. The smallest absolute Gasteiger partial charge is 0.329 e. The lowest BCUT2D eigenvalue weighted by molar-refractivity contribution is -0.139. The Bertz CT molecular complexity index is 759. The van der Waals surface area contributed by atoms with Gasteiger partial charge in [-0.2, -0.15) is 5.10 Å². The van der Waals surface area contributed by atoms with Crippen LogP contribution >= 0.6 is 11.6 Å². The Kier molecular flexibility index (Phi) is 5.80. The standard InChI is InChI=1S/C15H14ClN3O5/c1-23-12-6-9(5-11(16)13(12)20)7-18-19-15(22)14(21)17-8-10-3-2-4-24-10/h2-7,20H,8H2,1H3,(H,17,21)(H,19,22)/b18-7+. The fourth-order valence-electron chi connectivity index (χ4n) is 1.70. The third-order valence-corrected chi connectivity index (χ3v) is 3.15. The second kappa shape index (κ2) is 8.02. The Hall–Kier alpha value is -3.00. The highest BCUT2D eigenvalue weighted by molar-refractivity contribution is 6.35. The van der Waals surface area contributed by atoms with Crippen LogP contribution in [-0.2, 0) is 16.1 Å². The quantitative estimate of drug-likeness (QED) is 0.428. The van der Waals surface area contributed by atoms with Crippen molar-refractivity contribution in [3.05, 3.63) is 46.9 Å². The number of hydrogen-bond donors (Lipinski definition) is 3. The van der Waals surface area contributed by atoms with Crippen molar-refractivity contribution >= 4 is 29.6 Å². The number of nitrogens with zero attached hydrogens (tertiary/aromatic N) is 1. The van der Waals surface area contributed by atoms with Gasteiger partial charge in [0.05, 0.1) is 31.2 Å². The Morgan fingerprint density at radius 1 is 1.42 bits per heavy atom. The molecule has 0 saturated carbocycles. The van der Waals surface area contributed by atoms with Crippen LogP contribution in [0.3, 0.4) is 0 Å². The number of amides is 2. The van der Waals surface area contributed by atoms with Crippen LogP contribution in [0, 0.1) is 0 Å². The number of phenolic OH excluding ortho intramolecular Hbond substituents is 1. The largest absolute Gasteiger partial charge is 0.503 e. The number of furan rings is 1. The van der Waals surface area contributed by atoms with Gasteiger partial charge in [0, 0.05) is 0 Å². The number of phenols is 1. The predicted molar refractivity (Wildman–Crippen MR) is 86.0 cm³/mol. The number of ether oxygens (including phenoxy) is 1. The van der Waals surface area contributed by atoms with Crippen LogP contribution in [0.15, 0.2) is 40.0 Å². The Morgan fingerprint density at radius 2 is 2.21 bits per heavy atom. The molecule has 0 atom stereocenters. The Morgan fingerprint density at radius 3 is 2.88 bits per heavy atom. The number of methoxy groups -OCH3 is 1. The van der Waals surface area contributed by atoms with Gasteiger partial charge in [0.15, 0.2) is 11.5 Å². The van der Waals surface area contributed by atoms with E-state index >= 15 is 0 Å². The fourth-order valence-corrected chi connectivity index (χ4v) is 1.92. The van der Waals surface area contributed by atoms with Crippen LogP contribution in [0.2, 0.25) is 5.02 Å². The minimum Gasteiger partial charge on any atom is -0.503 e. The number of carbonyl (C=O) groups excluding carboxylic acids is 2. The van der Waals surface area contributed by atoms with E-state index in [0.717, 1.165) is 0 Å². The first-order chi connectivity index (χ1) is 11.5. The number of rotatable bonds is 5. The summed E-state index contributed by atoms with van der Waals surface area (Å²) in [6.45, 7) is 0.0910. The monoisotopic (exact) mass is 351 g/mol. The molecule has 24 heavy (non-hydrogen) atoms. The van der Waals surface area contributed by atoms with Crippen molar-refractivity contribution in [3.8, 4) is 11.5 Å². The van der Waals surface area contributed by atoms with Crippen molar-refractivity contribution in [2.75, 3.05) is 7.11 Å². The SMILES string of the molecule is COc1cc(/C=N/NC(=O)C(=O)NCc2ccco2)cc(Cl)c1O. The van der Waals surface area contributed by atoms with Crippen LogP contribution in [0.1, 0.15) is 11.3 Å². The topological polar surface area (TPSA) is 113 Å². The molecule has 9 heteroatoms. The summed E-state index contributed by atoms with van der Waals surface area (Å²) < 4.78 is 9.97. The van der Waals surface area contributed by atoms with E-state index in [2.05, 4.69) is 15.8 Å². The van der Waals surface area contributed by atoms with Gasteiger partial charge in [0.1, 0.15) is 5.76 Å². The van der Waals surface area contributed by atoms with Crippen molar-refractivity contribution in [1.29, 1.82) is 0 Å². The van der Waals surface area contributed by atoms with Gasteiger partial charge in [-0.1, -0.05) is 11.6 Å². The van der Waals surface area contributed by atoms with Gasteiger partial charge in [-0.25, -0.2) is 5.43 Å². The van der Waals surface area contributed by atoms with E-state index in [-0.39, 0.29) is 23.1 Å². The molecule has 0 aliphatic rings. The Labute approximate surface area is 142 Å². The fraction of sp³-hybridized carbons (Fsp3) is 0.133. The number of halogens is 1. The zero-order chi connectivity index (χ0) is 17.5. The summed E-state index contributed by atoms with van der Waals surface area (Å²) in [6.07, 6.45) is 2.72. The van der Waals surface area contributed by atoms with E-state index in [1.165, 1.54) is 31.7 Å². The maximum atomic E-state index is 11.6. The van der Waals surface area contributed by atoms with Gasteiger partial charge in [-0.3, -0.25) is 9.59 Å². The molecule has 0 spiro atoms. The van der Waals surface area contributed by atoms with E-state index < -0.39 is 11.8 Å². The molecule has 0 aliphatic heterocycles. The van der Waals surface area contributed by atoms with Crippen molar-refractivity contribution in [2.24, 2.45) is 5.10 Å². The average molecular weight is 352 g/mol. The lowest BCUT2D eigenvalue weighted by Crippen LogP contribution is -2.37. The zero-order valence-corrected chi connectivity index (χ0v) is 13.3. The number of hydrazone groups is 1. The minimum absolute atomic E-state index is 0.0679. The first kappa shape index (κ1) is 17.4. The van der Waals surface area contributed by atoms with E-state index in [0.29, 0.717) is 11.3 Å². The van der Waals surface area contributed by atoms with Gasteiger partial charge in [0.25, 0.3) is 0 Å². The molecule has 8 nitrogen and oxygen atoms in total. The maximum Gasteiger partial charge on any atom is 0.329 e. The van der Waals surface area contributed by atoms with Crippen molar-refractivity contribution in [3.63, 3.8) is 0 Å². The summed E-state index contributed by atoms with van der Waals surface area (Å²) in [6, 6.07) is 6.22. The number of carbonyl (C=O) groups is 2. The molecule has 2 aromatic rings. The summed E-state index contributed by atoms with van der Waals surface area (Å²) in [4.78, 5) is 23.1. The van der Waals surface area contributed by atoms with E-state index in [9.17, 15) is 14.7 Å². The molecule has 0 saturated heterocycles. The lowest BCUT2D eigenvalue weighted by Gasteiger charge is -2.06. The molecular formula is C15H14ClN3O5. The number of hydrogen-bond acceptors (Lipinski definition) is 6. The van der Waals surface area contributed by atoms with Crippen LogP contribution in [0.25, 0.3) is 0 Å². The summed E-state index contributed by atoms with van der Waals surface area (Å²) >= 11 is 5.83. The molecular weight excluding hydrogens is 338 g/mol. The number of aromatic hydroxyl groups is 1. The Balaban J connectivity index is 1.89. The maximum absolute atomic E-state index is 11.6. The van der Waals surface area contributed by atoms with Crippen molar-refractivity contribution in [2.45, 2.75) is 6.54 Å². The summed E-state index contributed by atoms with van der Waals surface area (Å²) in [5.41, 5.74) is 2.54. The molecule has 0 fully saturated rings. The third-order valence-electron chi connectivity index (χ3n) is 2.86. The van der Waals surface area contributed by atoms with Gasteiger partial charge >= 0.3 is 11.8 Å². The molecule has 2 rings (SSSR count). The highest BCUT2D eigenvalue weighted by Gasteiger charge is 2.13. The van der Waals surface area contributed by atoms with Gasteiger partial charge in [-0.05, 0) is 29.8 Å². The minimum atomic E-state index is -0.936. The lowest BCUT2D eigenvalue weighted by atomic mass is 10.2. The normalized spacial score (nSPS) is 10.6. The highest BCUT2D eigenvalue weighted by Crippen LogP contribution is 2.34. The second-order valence-electron chi connectivity index (χ2n) is 4.51. The summed E-state index contributed by atoms with van der Waals surface area (Å²) in [5.74, 6) is -1.31. The molecule has 0 unspecified atom stereocenters. The highest BCUT2D eigenvalue weighted by atomic mass is 35.5. The average Bonchev–Trinajstić information content (AvgIpc) is 3.09. The van der Waals surface area contributed by atoms with Crippen LogP contribution in [0.4, 0.5) is 0 Å². The zero-order valence-electron chi connectivity index (χ0n) is 12.6.